The van der Waals surface area contributed by atoms with Crippen LogP contribution in [0.3, 0.4) is 0 Å². The van der Waals surface area contributed by atoms with Crippen LogP contribution in [-0.2, 0) is 4.79 Å². The summed E-state index contributed by atoms with van der Waals surface area (Å²) >= 11 is 0. The number of benzene rings is 2. The molecule has 4 rings (SSSR count). The second kappa shape index (κ2) is 6.65. The number of carbonyl (C=O) groups is 1. The molecule has 1 fully saturated rings. The summed E-state index contributed by atoms with van der Waals surface area (Å²) in [6.45, 7) is 3.68. The fourth-order valence-corrected chi connectivity index (χ4v) is 4.50. The Bertz CT molecular complexity index is 1020. The van der Waals surface area contributed by atoms with E-state index in [1.54, 1.807) is 12.1 Å². The molecule has 1 amide bonds. The Morgan fingerprint density at radius 3 is 2.21 bits per heavy atom. The van der Waals surface area contributed by atoms with Crippen molar-refractivity contribution in [3.63, 3.8) is 0 Å². The van der Waals surface area contributed by atoms with Crippen LogP contribution in [0.4, 0.5) is 13.2 Å². The molecule has 0 radical (unpaired) electrons. The number of carbonyl (C=O) groups excluding carboxylic acids is 1. The predicted molar refractivity (Wildman–Crippen MR) is 105 cm³/mol. The van der Waals surface area contributed by atoms with Gasteiger partial charge in [-0.3, -0.25) is 4.79 Å². The molecule has 0 atom stereocenters. The normalized spacial score (nSPS) is 20.2. The third kappa shape index (κ3) is 3.20. The van der Waals surface area contributed by atoms with Gasteiger partial charge in [0.1, 0.15) is 11.6 Å². The summed E-state index contributed by atoms with van der Waals surface area (Å²) in [6.07, 6.45) is -0.760. The largest absolute Gasteiger partial charge is 0.509 e. The van der Waals surface area contributed by atoms with E-state index in [9.17, 15) is 23.1 Å². The van der Waals surface area contributed by atoms with Gasteiger partial charge in [-0.1, -0.05) is 24.3 Å². The molecule has 0 saturated heterocycles. The zero-order chi connectivity index (χ0) is 21.0. The van der Waals surface area contributed by atoms with Crippen LogP contribution in [-0.4, -0.2) is 22.5 Å². The van der Waals surface area contributed by atoms with E-state index in [1.807, 2.05) is 26.0 Å². The van der Waals surface area contributed by atoms with Crippen LogP contribution in [0.2, 0.25) is 0 Å². The average Bonchev–Trinajstić information content (AvgIpc) is 2.90. The highest BCUT2D eigenvalue weighted by Gasteiger charge is 2.52. The van der Waals surface area contributed by atoms with Gasteiger partial charge in [-0.2, -0.15) is 0 Å². The number of aryl methyl sites for hydroxylation is 1. The molecular formula is C23H22F3NO2. The zero-order valence-corrected chi connectivity index (χ0v) is 16.3. The Morgan fingerprint density at radius 1 is 0.966 bits per heavy atom. The topological polar surface area (TPSA) is 49.3 Å². The van der Waals surface area contributed by atoms with Crippen LogP contribution in [0.1, 0.15) is 42.4 Å². The van der Waals surface area contributed by atoms with E-state index in [1.165, 1.54) is 12.1 Å². The summed E-state index contributed by atoms with van der Waals surface area (Å²) in [5.74, 6) is -3.71. The number of hydrogen-bond donors (Lipinski definition) is 2. The maximum atomic E-state index is 13.6. The zero-order valence-electron chi connectivity index (χ0n) is 16.3. The number of amides is 1. The van der Waals surface area contributed by atoms with Gasteiger partial charge in [-0.25, -0.2) is 13.2 Å². The smallest absolute Gasteiger partial charge is 0.256 e. The second-order valence-electron chi connectivity index (χ2n) is 8.05. The molecular weight excluding hydrogens is 379 g/mol. The van der Waals surface area contributed by atoms with Gasteiger partial charge >= 0.3 is 0 Å². The summed E-state index contributed by atoms with van der Waals surface area (Å²) in [5, 5.41) is 13.8. The number of aliphatic hydroxyl groups is 1. The molecule has 6 heteroatoms. The summed E-state index contributed by atoms with van der Waals surface area (Å²) in [7, 11) is 0. The van der Waals surface area contributed by atoms with Gasteiger partial charge in [0.2, 0.25) is 5.92 Å². The maximum absolute atomic E-state index is 13.6. The molecule has 0 bridgehead atoms. The van der Waals surface area contributed by atoms with Gasteiger partial charge < -0.3 is 10.4 Å². The average molecular weight is 401 g/mol. The number of alkyl halides is 2. The minimum Gasteiger partial charge on any atom is -0.509 e. The molecule has 1 heterocycles. The van der Waals surface area contributed by atoms with Gasteiger partial charge in [0, 0.05) is 12.8 Å². The Balaban J connectivity index is 1.83. The van der Waals surface area contributed by atoms with E-state index in [2.05, 4.69) is 5.32 Å². The number of aliphatic hydroxyl groups excluding tert-OH is 1. The molecule has 2 N–H and O–H groups in total. The quantitative estimate of drug-likeness (QED) is 0.702. The van der Waals surface area contributed by atoms with Gasteiger partial charge in [-0.15, -0.1) is 0 Å². The highest BCUT2D eigenvalue weighted by atomic mass is 19.3. The van der Waals surface area contributed by atoms with E-state index >= 15 is 0 Å². The fourth-order valence-electron chi connectivity index (χ4n) is 4.50. The van der Waals surface area contributed by atoms with Gasteiger partial charge in [0.05, 0.1) is 11.1 Å². The standard InChI is InChI=1S/C23H22F3NO2/c1-13-3-8-17(15-4-6-16(24)7-5-15)14(2)18(13)19-20(28)22(27-21(19)29)9-11-23(25,26)12-10-22/h3-8,28H,9-12H2,1-2H3,(H,27,29). The van der Waals surface area contributed by atoms with Crippen molar-refractivity contribution in [2.45, 2.75) is 51.0 Å². The van der Waals surface area contributed by atoms with Crippen molar-refractivity contribution >= 4 is 11.5 Å². The lowest BCUT2D eigenvalue weighted by atomic mass is 9.78. The molecule has 1 saturated carbocycles. The van der Waals surface area contributed by atoms with Crippen LogP contribution in [0, 0.1) is 19.7 Å². The first-order chi connectivity index (χ1) is 13.6. The molecule has 3 nitrogen and oxygen atoms in total. The van der Waals surface area contributed by atoms with E-state index in [4.69, 9.17) is 0 Å². The third-order valence-electron chi connectivity index (χ3n) is 6.18. The molecule has 2 aromatic carbocycles. The van der Waals surface area contributed by atoms with Crippen LogP contribution in [0.15, 0.2) is 42.2 Å². The van der Waals surface area contributed by atoms with Crippen molar-refractivity contribution in [1.29, 1.82) is 0 Å². The Morgan fingerprint density at radius 2 is 1.59 bits per heavy atom. The lowest BCUT2D eigenvalue weighted by molar-refractivity contribution is -0.117. The molecule has 1 aliphatic carbocycles. The highest BCUT2D eigenvalue weighted by Crippen LogP contribution is 2.47. The Hall–Kier alpha value is -2.76. The van der Waals surface area contributed by atoms with E-state index in [-0.39, 0.29) is 42.8 Å². The number of hydrogen-bond acceptors (Lipinski definition) is 2. The number of halogens is 3. The number of nitrogens with one attached hydrogen (secondary N) is 1. The molecule has 1 spiro atoms. The summed E-state index contributed by atoms with van der Waals surface area (Å²) in [6, 6.07) is 9.78. The molecule has 29 heavy (non-hydrogen) atoms. The van der Waals surface area contributed by atoms with E-state index < -0.39 is 17.4 Å². The van der Waals surface area contributed by atoms with Crippen LogP contribution in [0.5, 0.6) is 0 Å². The highest BCUT2D eigenvalue weighted by molar-refractivity contribution is 6.24. The van der Waals surface area contributed by atoms with Crippen molar-refractivity contribution in [3.05, 3.63) is 64.7 Å². The maximum Gasteiger partial charge on any atom is 0.256 e. The number of rotatable bonds is 2. The first kappa shape index (κ1) is 19.6. The molecule has 2 aromatic rings. The fraction of sp³-hybridized carbons (Fsp3) is 0.348. The van der Waals surface area contributed by atoms with Crippen molar-refractivity contribution in [3.8, 4) is 11.1 Å². The lowest BCUT2D eigenvalue weighted by Gasteiger charge is -2.36. The lowest BCUT2D eigenvalue weighted by Crippen LogP contribution is -2.49. The molecule has 2 aliphatic rings. The Kier molecular flexibility index (Phi) is 4.48. The van der Waals surface area contributed by atoms with Gasteiger partial charge in [-0.05, 0) is 66.6 Å². The monoisotopic (exact) mass is 401 g/mol. The van der Waals surface area contributed by atoms with Crippen LogP contribution in [0.25, 0.3) is 16.7 Å². The van der Waals surface area contributed by atoms with E-state index in [0.717, 1.165) is 22.3 Å². The van der Waals surface area contributed by atoms with Crippen molar-refractivity contribution in [2.24, 2.45) is 0 Å². The van der Waals surface area contributed by atoms with Crippen molar-refractivity contribution in [1.82, 2.24) is 5.32 Å². The van der Waals surface area contributed by atoms with Crippen LogP contribution < -0.4 is 5.32 Å². The SMILES string of the molecule is Cc1ccc(-c2ccc(F)cc2)c(C)c1C1=C(O)C2(CCC(F)(F)CC2)NC1=O. The minimum absolute atomic E-state index is 0.00315. The van der Waals surface area contributed by atoms with Gasteiger partial charge in [0.15, 0.2) is 0 Å². The summed E-state index contributed by atoms with van der Waals surface area (Å²) < 4.78 is 40.6. The third-order valence-corrected chi connectivity index (χ3v) is 6.18. The predicted octanol–water partition coefficient (Wildman–Crippen LogP) is 5.46. The van der Waals surface area contributed by atoms with E-state index in [0.29, 0.717) is 5.56 Å². The first-order valence-electron chi connectivity index (χ1n) is 9.64. The van der Waals surface area contributed by atoms with Crippen molar-refractivity contribution < 1.29 is 23.1 Å². The molecule has 0 unspecified atom stereocenters. The molecule has 0 aromatic heterocycles. The summed E-state index contributed by atoms with van der Waals surface area (Å²) in [4.78, 5) is 12.9. The van der Waals surface area contributed by atoms with Crippen LogP contribution >= 0.6 is 0 Å². The second-order valence-corrected chi connectivity index (χ2v) is 8.05. The first-order valence-corrected chi connectivity index (χ1v) is 9.64. The van der Waals surface area contributed by atoms with Gasteiger partial charge in [0.25, 0.3) is 5.91 Å². The Labute approximate surface area is 167 Å². The summed E-state index contributed by atoms with van der Waals surface area (Å²) in [5.41, 5.74) is 2.78. The minimum atomic E-state index is -2.77. The molecule has 152 valence electrons. The van der Waals surface area contributed by atoms with Crippen molar-refractivity contribution in [2.75, 3.05) is 0 Å². The molecule has 1 aliphatic heterocycles.